The Labute approximate surface area is 169 Å². The lowest BCUT2D eigenvalue weighted by Crippen LogP contribution is -2.45. The third-order valence-electron chi connectivity index (χ3n) is 4.76. The number of anilines is 2. The van der Waals surface area contributed by atoms with Gasteiger partial charge in [0.05, 0.1) is 29.8 Å². The van der Waals surface area contributed by atoms with Gasteiger partial charge in [-0.05, 0) is 32.0 Å². The quantitative estimate of drug-likeness (QED) is 0.680. The number of hydrogen-bond donors (Lipinski definition) is 2. The van der Waals surface area contributed by atoms with Crippen molar-refractivity contribution < 1.29 is 18.3 Å². The summed E-state index contributed by atoms with van der Waals surface area (Å²) in [7, 11) is 1.52. The second-order valence-corrected chi connectivity index (χ2v) is 7.46. The molecule has 0 radical (unpaired) electrons. The summed E-state index contributed by atoms with van der Waals surface area (Å²) in [5.74, 6) is 0.229. The Morgan fingerprint density at radius 2 is 2.03 bits per heavy atom. The topological polar surface area (TPSA) is 98.1 Å². The molecule has 4 rings (SSSR count). The maximum Gasteiger partial charge on any atom is 0.268 e. The number of nitrogens with zero attached hydrogens (tertiary/aromatic N) is 3. The third kappa shape index (κ3) is 3.44. The number of hydrogen-bond acceptors (Lipinski definition) is 6. The minimum atomic E-state index is -2.62. The van der Waals surface area contributed by atoms with Crippen LogP contribution in [0.2, 0.25) is 0 Å². The minimum absolute atomic E-state index is 0.0313. The van der Waals surface area contributed by atoms with Crippen LogP contribution in [0, 0.1) is 0 Å². The summed E-state index contributed by atoms with van der Waals surface area (Å²) >= 11 is 0. The number of carbonyl (C=O) groups excluding carboxylic acids is 1. The highest BCUT2D eigenvalue weighted by Crippen LogP contribution is 2.37. The first-order valence-electron chi connectivity index (χ1n) is 9.19. The number of nitrogens with one attached hydrogen (secondary N) is 2. The van der Waals surface area contributed by atoms with E-state index in [9.17, 15) is 18.4 Å². The Balaban J connectivity index is 1.85. The van der Waals surface area contributed by atoms with Gasteiger partial charge in [0.15, 0.2) is 5.60 Å². The molecule has 1 aliphatic heterocycles. The fourth-order valence-corrected chi connectivity index (χ4v) is 3.13. The number of rotatable bonds is 4. The maximum atomic E-state index is 12.8. The van der Waals surface area contributed by atoms with Gasteiger partial charge in [0, 0.05) is 12.6 Å². The summed E-state index contributed by atoms with van der Waals surface area (Å²) in [6, 6.07) is 6.70. The summed E-state index contributed by atoms with van der Waals surface area (Å²) < 4.78 is 32.6. The van der Waals surface area contributed by atoms with E-state index < -0.39 is 24.1 Å². The van der Waals surface area contributed by atoms with Crippen molar-refractivity contribution in [3.05, 3.63) is 40.9 Å². The second-order valence-electron chi connectivity index (χ2n) is 7.46. The average molecular weight is 415 g/mol. The van der Waals surface area contributed by atoms with Gasteiger partial charge in [-0.2, -0.15) is 0 Å². The van der Waals surface area contributed by atoms with Crippen molar-refractivity contribution in [2.24, 2.45) is 7.05 Å². The highest BCUT2D eigenvalue weighted by atomic mass is 19.3. The predicted octanol–water partition coefficient (Wildman–Crippen LogP) is 2.78. The summed E-state index contributed by atoms with van der Waals surface area (Å²) in [6.07, 6.45) is -1.26. The largest absolute Gasteiger partial charge is 0.476 e. The number of fused-ring (bicyclic) bond motifs is 2. The van der Waals surface area contributed by atoms with Crippen LogP contribution < -0.4 is 20.9 Å². The van der Waals surface area contributed by atoms with Gasteiger partial charge in [0.2, 0.25) is 0 Å². The summed E-state index contributed by atoms with van der Waals surface area (Å²) in [5, 5.41) is 5.46. The van der Waals surface area contributed by atoms with Crippen molar-refractivity contribution in [3.63, 3.8) is 0 Å². The number of alkyl halides is 2. The zero-order valence-corrected chi connectivity index (χ0v) is 16.5. The van der Waals surface area contributed by atoms with Gasteiger partial charge in [-0.1, -0.05) is 6.07 Å². The van der Waals surface area contributed by atoms with Crippen LogP contribution in [-0.4, -0.2) is 39.0 Å². The first kappa shape index (κ1) is 19.7. The third-order valence-corrected chi connectivity index (χ3v) is 4.76. The normalized spacial score (nSPS) is 14.9. The number of pyridine rings is 1. The average Bonchev–Trinajstić information content (AvgIpc) is 2.69. The molecule has 2 aromatic heterocycles. The standard InChI is InChI=1S/C20H19F2N5O3/c1-20(2)19(29)26-11-5-4-10(6-14(11)30-20)12-7-13-16(18(28)27(3)9-24-13)17(25-12)23-8-15(21)22/h4-7,9,15H,8H2,1-3H3,(H,23,25)(H,26,29). The summed E-state index contributed by atoms with van der Waals surface area (Å²) in [4.78, 5) is 33.2. The van der Waals surface area contributed by atoms with Crippen molar-refractivity contribution in [1.29, 1.82) is 0 Å². The van der Waals surface area contributed by atoms with Gasteiger partial charge in [-0.3, -0.25) is 9.59 Å². The molecule has 0 fully saturated rings. The first-order valence-corrected chi connectivity index (χ1v) is 9.19. The smallest absolute Gasteiger partial charge is 0.268 e. The number of amides is 1. The molecule has 1 amide bonds. The molecular weight excluding hydrogens is 396 g/mol. The van der Waals surface area contributed by atoms with Gasteiger partial charge >= 0.3 is 0 Å². The molecule has 10 heteroatoms. The predicted molar refractivity (Wildman–Crippen MR) is 108 cm³/mol. The zero-order valence-electron chi connectivity index (χ0n) is 16.5. The van der Waals surface area contributed by atoms with Crippen LogP contribution in [-0.2, 0) is 11.8 Å². The van der Waals surface area contributed by atoms with Gasteiger partial charge in [0.25, 0.3) is 17.9 Å². The van der Waals surface area contributed by atoms with Crippen molar-refractivity contribution in [2.75, 3.05) is 17.2 Å². The molecule has 2 N–H and O–H groups in total. The van der Waals surface area contributed by atoms with E-state index in [1.807, 2.05) is 0 Å². The van der Waals surface area contributed by atoms with Crippen LogP contribution in [0.4, 0.5) is 20.3 Å². The highest BCUT2D eigenvalue weighted by molar-refractivity contribution is 6.00. The van der Waals surface area contributed by atoms with E-state index in [-0.39, 0.29) is 17.1 Å². The van der Waals surface area contributed by atoms with Crippen LogP contribution in [0.3, 0.4) is 0 Å². The molecule has 0 atom stereocenters. The second kappa shape index (κ2) is 7.05. The molecule has 3 aromatic rings. The van der Waals surface area contributed by atoms with Gasteiger partial charge in [0.1, 0.15) is 17.0 Å². The van der Waals surface area contributed by atoms with E-state index in [1.165, 1.54) is 17.9 Å². The van der Waals surface area contributed by atoms with E-state index in [0.717, 1.165) is 0 Å². The lowest BCUT2D eigenvalue weighted by molar-refractivity contribution is -0.129. The SMILES string of the molecule is Cn1cnc2cc(-c3ccc4c(c3)OC(C)(C)C(=O)N4)nc(NCC(F)F)c2c1=O. The van der Waals surface area contributed by atoms with E-state index in [0.29, 0.717) is 28.2 Å². The molecule has 1 aromatic carbocycles. The number of aryl methyl sites for hydroxylation is 1. The van der Waals surface area contributed by atoms with Gasteiger partial charge in [-0.15, -0.1) is 0 Å². The highest BCUT2D eigenvalue weighted by Gasteiger charge is 2.35. The Kier molecular flexibility index (Phi) is 4.64. The Morgan fingerprint density at radius 3 is 2.77 bits per heavy atom. The summed E-state index contributed by atoms with van der Waals surface area (Å²) in [6.45, 7) is 2.65. The van der Waals surface area contributed by atoms with Crippen molar-refractivity contribution >= 4 is 28.3 Å². The van der Waals surface area contributed by atoms with E-state index in [2.05, 4.69) is 20.6 Å². The fourth-order valence-electron chi connectivity index (χ4n) is 3.13. The minimum Gasteiger partial charge on any atom is -0.476 e. The van der Waals surface area contributed by atoms with Crippen LogP contribution in [0.25, 0.3) is 22.2 Å². The number of halogens is 2. The number of aromatic nitrogens is 3. The molecule has 1 aliphatic rings. The fraction of sp³-hybridized carbons (Fsp3) is 0.300. The zero-order chi connectivity index (χ0) is 21.6. The van der Waals surface area contributed by atoms with E-state index in [1.54, 1.807) is 38.1 Å². The van der Waals surface area contributed by atoms with Crippen LogP contribution >= 0.6 is 0 Å². The van der Waals surface area contributed by atoms with Crippen molar-refractivity contribution in [2.45, 2.75) is 25.9 Å². The molecule has 0 unspecified atom stereocenters. The molecule has 0 saturated heterocycles. The molecule has 0 bridgehead atoms. The molecule has 3 heterocycles. The van der Waals surface area contributed by atoms with Gasteiger partial charge < -0.3 is 19.9 Å². The van der Waals surface area contributed by atoms with Crippen LogP contribution in [0.5, 0.6) is 5.75 Å². The summed E-state index contributed by atoms with van der Waals surface area (Å²) in [5.41, 5.74) is 0.444. The number of ether oxygens (including phenoxy) is 1. The lowest BCUT2D eigenvalue weighted by Gasteiger charge is -2.31. The van der Waals surface area contributed by atoms with Crippen molar-refractivity contribution in [3.8, 4) is 17.0 Å². The van der Waals surface area contributed by atoms with E-state index >= 15 is 0 Å². The molecule has 0 saturated carbocycles. The lowest BCUT2D eigenvalue weighted by atomic mass is 10.0. The molecule has 0 spiro atoms. The monoisotopic (exact) mass is 415 g/mol. The molecule has 0 aliphatic carbocycles. The molecule has 156 valence electrons. The van der Waals surface area contributed by atoms with Crippen molar-refractivity contribution in [1.82, 2.24) is 14.5 Å². The number of benzene rings is 1. The van der Waals surface area contributed by atoms with E-state index in [4.69, 9.17) is 4.74 Å². The Bertz CT molecular complexity index is 1220. The first-order chi connectivity index (χ1) is 14.2. The van der Waals surface area contributed by atoms with Gasteiger partial charge in [-0.25, -0.2) is 18.7 Å². The number of carbonyl (C=O) groups is 1. The Hall–Kier alpha value is -3.56. The molecule has 8 nitrogen and oxygen atoms in total. The van der Waals surface area contributed by atoms with Crippen LogP contribution in [0.15, 0.2) is 35.4 Å². The Morgan fingerprint density at radius 1 is 1.27 bits per heavy atom. The maximum absolute atomic E-state index is 12.8. The molecular formula is C20H19F2N5O3. The molecule has 30 heavy (non-hydrogen) atoms. The van der Waals surface area contributed by atoms with Crippen LogP contribution in [0.1, 0.15) is 13.8 Å².